The monoisotopic (exact) mass is 373 g/mol. The van der Waals surface area contributed by atoms with E-state index in [4.69, 9.17) is 11.6 Å². The predicted octanol–water partition coefficient (Wildman–Crippen LogP) is 3.82. The van der Waals surface area contributed by atoms with Crippen LogP contribution in [0.5, 0.6) is 0 Å². The van der Waals surface area contributed by atoms with E-state index in [-0.39, 0.29) is 5.82 Å². The van der Waals surface area contributed by atoms with E-state index < -0.39 is 0 Å². The molecule has 2 aromatic heterocycles. The Hall–Kier alpha value is -1.21. The van der Waals surface area contributed by atoms with Crippen LogP contribution in [-0.4, -0.2) is 14.5 Å². The fraction of sp³-hybridized carbons (Fsp3) is 0. The number of nitrogens with zero attached hydrogens (tertiary/aromatic N) is 3. The van der Waals surface area contributed by atoms with E-state index in [0.29, 0.717) is 16.5 Å². The lowest BCUT2D eigenvalue weighted by atomic mass is 10.3. The number of halogens is 3. The van der Waals surface area contributed by atoms with E-state index in [0.717, 1.165) is 8.96 Å². The Bertz CT molecular complexity index is 741. The summed E-state index contributed by atoms with van der Waals surface area (Å²) in [6.45, 7) is 0. The molecule has 0 fully saturated rings. The second-order valence-electron chi connectivity index (χ2n) is 3.69. The van der Waals surface area contributed by atoms with Crippen molar-refractivity contribution in [1.29, 1.82) is 0 Å². The van der Waals surface area contributed by atoms with Crippen LogP contribution in [0.3, 0.4) is 0 Å². The smallest absolute Gasteiger partial charge is 0.150 e. The van der Waals surface area contributed by atoms with E-state index in [1.807, 2.05) is 12.3 Å². The molecule has 3 rings (SSSR count). The average Bonchev–Trinajstić information content (AvgIpc) is 2.68. The van der Waals surface area contributed by atoms with Crippen molar-refractivity contribution in [2.45, 2.75) is 0 Å². The van der Waals surface area contributed by atoms with E-state index in [9.17, 15) is 4.39 Å². The SMILES string of the molecule is Fc1cccc(-n2cc(I)c3c(Cl)ncnc32)c1. The van der Waals surface area contributed by atoms with E-state index in [1.54, 1.807) is 10.6 Å². The summed E-state index contributed by atoms with van der Waals surface area (Å²) in [4.78, 5) is 8.16. The van der Waals surface area contributed by atoms with Gasteiger partial charge >= 0.3 is 0 Å². The first-order valence-electron chi connectivity index (χ1n) is 5.10. The van der Waals surface area contributed by atoms with Crippen molar-refractivity contribution in [3.05, 3.63) is 51.3 Å². The largest absolute Gasteiger partial charge is 0.300 e. The third kappa shape index (κ3) is 1.87. The van der Waals surface area contributed by atoms with Crippen LogP contribution in [0.1, 0.15) is 0 Å². The lowest BCUT2D eigenvalue weighted by Crippen LogP contribution is -1.94. The fourth-order valence-electron chi connectivity index (χ4n) is 1.81. The molecular weight excluding hydrogens is 368 g/mol. The highest BCUT2D eigenvalue weighted by molar-refractivity contribution is 14.1. The van der Waals surface area contributed by atoms with Gasteiger partial charge in [0, 0.05) is 15.5 Å². The molecule has 0 radical (unpaired) electrons. The molecule has 0 aliphatic rings. The Morgan fingerprint density at radius 2 is 2.11 bits per heavy atom. The van der Waals surface area contributed by atoms with Gasteiger partial charge in [-0.25, -0.2) is 14.4 Å². The lowest BCUT2D eigenvalue weighted by Gasteiger charge is -2.04. The maximum atomic E-state index is 13.3. The van der Waals surface area contributed by atoms with E-state index >= 15 is 0 Å². The van der Waals surface area contributed by atoms with Crippen LogP contribution in [0, 0.1) is 9.39 Å². The van der Waals surface area contributed by atoms with Crippen molar-refractivity contribution >= 4 is 45.2 Å². The van der Waals surface area contributed by atoms with E-state index in [1.165, 1.54) is 18.5 Å². The fourth-order valence-corrected chi connectivity index (χ4v) is 2.97. The van der Waals surface area contributed by atoms with Gasteiger partial charge in [0.15, 0.2) is 5.65 Å². The molecular formula is C12H6ClFIN3. The van der Waals surface area contributed by atoms with Crippen LogP contribution >= 0.6 is 34.2 Å². The molecule has 90 valence electrons. The summed E-state index contributed by atoms with van der Waals surface area (Å²) in [5.74, 6) is -0.287. The second-order valence-corrected chi connectivity index (χ2v) is 5.21. The Morgan fingerprint density at radius 3 is 2.89 bits per heavy atom. The molecule has 0 atom stereocenters. The van der Waals surface area contributed by atoms with Crippen molar-refractivity contribution in [2.75, 3.05) is 0 Å². The Balaban J connectivity index is 2.34. The zero-order chi connectivity index (χ0) is 12.7. The van der Waals surface area contributed by atoms with Gasteiger partial charge in [0.05, 0.1) is 5.39 Å². The molecule has 0 bridgehead atoms. The first-order chi connectivity index (χ1) is 8.66. The zero-order valence-corrected chi connectivity index (χ0v) is 11.9. The molecule has 3 nitrogen and oxygen atoms in total. The predicted molar refractivity (Wildman–Crippen MR) is 76.6 cm³/mol. The molecule has 0 aliphatic heterocycles. The van der Waals surface area contributed by atoms with Crippen LogP contribution in [0.25, 0.3) is 16.7 Å². The van der Waals surface area contributed by atoms with Crippen molar-refractivity contribution in [3.8, 4) is 5.69 Å². The molecule has 0 unspecified atom stereocenters. The molecule has 1 aromatic carbocycles. The topological polar surface area (TPSA) is 30.7 Å². The standard InChI is InChI=1S/C12H6ClFIN3/c13-11-10-9(15)5-18(12(10)17-6-16-11)8-3-1-2-7(14)4-8/h1-6H. The Kier molecular flexibility index (Phi) is 2.95. The van der Waals surface area contributed by atoms with Gasteiger partial charge in [-0.1, -0.05) is 17.7 Å². The summed E-state index contributed by atoms with van der Waals surface area (Å²) in [6, 6.07) is 6.33. The zero-order valence-electron chi connectivity index (χ0n) is 8.94. The normalized spacial score (nSPS) is 11.1. The summed E-state index contributed by atoms with van der Waals surface area (Å²) in [7, 11) is 0. The van der Waals surface area contributed by atoms with Crippen molar-refractivity contribution in [1.82, 2.24) is 14.5 Å². The maximum Gasteiger partial charge on any atom is 0.150 e. The second kappa shape index (κ2) is 4.47. The van der Waals surface area contributed by atoms with Crippen LogP contribution in [0.15, 0.2) is 36.8 Å². The molecule has 3 aromatic rings. The molecule has 0 saturated heterocycles. The Labute approximate surface area is 121 Å². The van der Waals surface area contributed by atoms with Gasteiger partial charge in [0.2, 0.25) is 0 Å². The molecule has 0 saturated carbocycles. The maximum absolute atomic E-state index is 13.3. The van der Waals surface area contributed by atoms with Crippen LogP contribution in [-0.2, 0) is 0 Å². The number of fused-ring (bicyclic) bond motifs is 1. The summed E-state index contributed by atoms with van der Waals surface area (Å²) in [5, 5.41) is 1.18. The first-order valence-corrected chi connectivity index (χ1v) is 6.55. The summed E-state index contributed by atoms with van der Waals surface area (Å²) >= 11 is 8.21. The molecule has 2 heterocycles. The van der Waals surface area contributed by atoms with Gasteiger partial charge in [-0.2, -0.15) is 0 Å². The number of hydrogen-bond donors (Lipinski definition) is 0. The lowest BCUT2D eigenvalue weighted by molar-refractivity contribution is 0.627. The summed E-state index contributed by atoms with van der Waals surface area (Å²) in [5.41, 5.74) is 1.38. The molecule has 0 N–H and O–H groups in total. The van der Waals surface area contributed by atoms with Gasteiger partial charge in [0.1, 0.15) is 17.3 Å². The minimum Gasteiger partial charge on any atom is -0.300 e. The highest BCUT2D eigenvalue weighted by atomic mass is 127. The molecule has 0 amide bonds. The number of benzene rings is 1. The van der Waals surface area contributed by atoms with Crippen molar-refractivity contribution < 1.29 is 4.39 Å². The number of hydrogen-bond acceptors (Lipinski definition) is 2. The average molecular weight is 374 g/mol. The first kappa shape index (κ1) is 11.9. The highest BCUT2D eigenvalue weighted by Gasteiger charge is 2.13. The minimum atomic E-state index is -0.287. The summed E-state index contributed by atoms with van der Waals surface area (Å²) in [6.07, 6.45) is 3.26. The van der Waals surface area contributed by atoms with Crippen LogP contribution < -0.4 is 0 Å². The van der Waals surface area contributed by atoms with Gasteiger partial charge in [-0.3, -0.25) is 4.57 Å². The third-order valence-corrected chi connectivity index (χ3v) is 3.68. The number of aromatic nitrogens is 3. The quantitative estimate of drug-likeness (QED) is 0.480. The molecule has 6 heteroatoms. The molecule has 0 spiro atoms. The third-order valence-electron chi connectivity index (χ3n) is 2.58. The highest BCUT2D eigenvalue weighted by Crippen LogP contribution is 2.28. The van der Waals surface area contributed by atoms with Crippen molar-refractivity contribution in [3.63, 3.8) is 0 Å². The van der Waals surface area contributed by atoms with Crippen LogP contribution in [0.2, 0.25) is 5.15 Å². The minimum absolute atomic E-state index is 0.287. The Morgan fingerprint density at radius 1 is 1.28 bits per heavy atom. The number of rotatable bonds is 1. The molecule has 0 aliphatic carbocycles. The van der Waals surface area contributed by atoms with E-state index in [2.05, 4.69) is 32.6 Å². The van der Waals surface area contributed by atoms with Gasteiger partial charge in [0.25, 0.3) is 0 Å². The molecule has 18 heavy (non-hydrogen) atoms. The van der Waals surface area contributed by atoms with Gasteiger partial charge < -0.3 is 0 Å². The van der Waals surface area contributed by atoms with Gasteiger partial charge in [-0.05, 0) is 40.8 Å². The van der Waals surface area contributed by atoms with Crippen molar-refractivity contribution in [2.24, 2.45) is 0 Å². The van der Waals surface area contributed by atoms with Crippen LogP contribution in [0.4, 0.5) is 4.39 Å². The van der Waals surface area contributed by atoms with Gasteiger partial charge in [-0.15, -0.1) is 0 Å². The summed E-state index contributed by atoms with van der Waals surface area (Å²) < 4.78 is 16.0.